The zero-order chi connectivity index (χ0) is 14.2. The van der Waals surface area contributed by atoms with Crippen molar-refractivity contribution in [1.82, 2.24) is 9.13 Å². The number of hydrogen-bond donors (Lipinski definition) is 2. The number of aromatic nitrogens is 2. The van der Waals surface area contributed by atoms with Crippen molar-refractivity contribution in [3.63, 3.8) is 0 Å². The summed E-state index contributed by atoms with van der Waals surface area (Å²) < 4.78 is 7.86. The van der Waals surface area contributed by atoms with Crippen molar-refractivity contribution < 1.29 is 14.9 Å². The SMILES string of the molecule is CCn1c(=O)c(C)cn([C@H]2C[C@H](O)[C@@H](CO)O2)c1=O. The van der Waals surface area contributed by atoms with Gasteiger partial charge in [-0.05, 0) is 13.8 Å². The van der Waals surface area contributed by atoms with Crippen LogP contribution in [0.3, 0.4) is 0 Å². The average Bonchev–Trinajstić information content (AvgIpc) is 2.75. The molecule has 1 saturated heterocycles. The number of aliphatic hydroxyl groups excluding tert-OH is 2. The van der Waals surface area contributed by atoms with Crippen LogP contribution in [0.4, 0.5) is 0 Å². The average molecular weight is 270 g/mol. The van der Waals surface area contributed by atoms with Crippen molar-refractivity contribution >= 4 is 0 Å². The summed E-state index contributed by atoms with van der Waals surface area (Å²) in [6.07, 6.45) is -0.513. The Balaban J connectivity index is 2.45. The van der Waals surface area contributed by atoms with Crippen molar-refractivity contribution in [3.05, 3.63) is 32.6 Å². The van der Waals surface area contributed by atoms with Crippen LogP contribution in [-0.2, 0) is 11.3 Å². The van der Waals surface area contributed by atoms with Gasteiger partial charge in [0, 0.05) is 24.7 Å². The van der Waals surface area contributed by atoms with Crippen LogP contribution in [0, 0.1) is 6.92 Å². The second kappa shape index (κ2) is 5.28. The third-order valence-corrected chi connectivity index (χ3v) is 3.38. The molecule has 1 fully saturated rings. The van der Waals surface area contributed by atoms with E-state index in [9.17, 15) is 14.7 Å². The molecule has 0 unspecified atom stereocenters. The fourth-order valence-corrected chi connectivity index (χ4v) is 2.29. The van der Waals surface area contributed by atoms with E-state index in [4.69, 9.17) is 9.84 Å². The van der Waals surface area contributed by atoms with Gasteiger partial charge in [-0.3, -0.25) is 13.9 Å². The van der Waals surface area contributed by atoms with Gasteiger partial charge < -0.3 is 14.9 Å². The van der Waals surface area contributed by atoms with Crippen molar-refractivity contribution in [2.24, 2.45) is 0 Å². The first-order valence-electron chi connectivity index (χ1n) is 6.26. The third kappa shape index (κ3) is 2.36. The van der Waals surface area contributed by atoms with E-state index in [0.29, 0.717) is 5.56 Å². The summed E-state index contributed by atoms with van der Waals surface area (Å²) in [5.74, 6) is 0. The highest BCUT2D eigenvalue weighted by molar-refractivity contribution is 5.03. The Morgan fingerprint density at radius 3 is 2.68 bits per heavy atom. The van der Waals surface area contributed by atoms with E-state index in [-0.39, 0.29) is 25.1 Å². The first-order chi connectivity index (χ1) is 8.99. The van der Waals surface area contributed by atoms with Crippen LogP contribution < -0.4 is 11.2 Å². The van der Waals surface area contributed by atoms with E-state index in [0.717, 1.165) is 4.57 Å². The minimum Gasteiger partial charge on any atom is -0.394 e. The molecule has 0 saturated carbocycles. The van der Waals surface area contributed by atoms with Crippen LogP contribution in [0.25, 0.3) is 0 Å². The minimum absolute atomic E-state index is 0.215. The lowest BCUT2D eigenvalue weighted by Gasteiger charge is -2.16. The van der Waals surface area contributed by atoms with Gasteiger partial charge in [-0.15, -0.1) is 0 Å². The topological polar surface area (TPSA) is 93.7 Å². The number of aliphatic hydroxyl groups is 2. The standard InChI is InChI=1S/C12H18N2O5/c1-3-13-11(17)7(2)5-14(12(13)18)10-4-8(16)9(6-15)19-10/h5,8-10,15-16H,3-4,6H2,1-2H3/t8-,9+,10+/m0/s1. The number of ether oxygens (including phenoxy) is 1. The van der Waals surface area contributed by atoms with Gasteiger partial charge in [0.1, 0.15) is 12.3 Å². The largest absolute Gasteiger partial charge is 0.394 e. The molecule has 2 N–H and O–H groups in total. The smallest absolute Gasteiger partial charge is 0.333 e. The van der Waals surface area contributed by atoms with Gasteiger partial charge >= 0.3 is 5.69 Å². The van der Waals surface area contributed by atoms with Crippen molar-refractivity contribution in [2.45, 2.75) is 45.2 Å². The van der Waals surface area contributed by atoms with Gasteiger partial charge in [0.2, 0.25) is 0 Å². The molecule has 1 aliphatic heterocycles. The quantitative estimate of drug-likeness (QED) is 0.733. The lowest BCUT2D eigenvalue weighted by atomic mass is 10.2. The van der Waals surface area contributed by atoms with Crippen LogP contribution in [0.2, 0.25) is 0 Å². The van der Waals surface area contributed by atoms with E-state index < -0.39 is 24.1 Å². The molecule has 0 amide bonds. The second-order valence-corrected chi connectivity index (χ2v) is 4.67. The van der Waals surface area contributed by atoms with Gasteiger partial charge in [0.05, 0.1) is 12.7 Å². The molecule has 3 atom stereocenters. The zero-order valence-electron chi connectivity index (χ0n) is 10.9. The summed E-state index contributed by atoms with van der Waals surface area (Å²) in [7, 11) is 0. The number of aryl methyl sites for hydroxylation is 1. The van der Waals surface area contributed by atoms with Crippen LogP contribution in [0.5, 0.6) is 0 Å². The highest BCUT2D eigenvalue weighted by atomic mass is 16.5. The van der Waals surface area contributed by atoms with E-state index in [1.165, 1.54) is 10.8 Å². The number of hydrogen-bond acceptors (Lipinski definition) is 5. The Bertz CT molecular complexity index is 576. The summed E-state index contributed by atoms with van der Waals surface area (Å²) in [6, 6.07) is 0. The van der Waals surface area contributed by atoms with Crippen LogP contribution >= 0.6 is 0 Å². The van der Waals surface area contributed by atoms with Gasteiger partial charge in [0.15, 0.2) is 0 Å². The first-order valence-corrected chi connectivity index (χ1v) is 6.26. The fourth-order valence-electron chi connectivity index (χ4n) is 2.29. The van der Waals surface area contributed by atoms with Gasteiger partial charge in [-0.1, -0.05) is 0 Å². The summed E-state index contributed by atoms with van der Waals surface area (Å²) in [4.78, 5) is 24.0. The lowest BCUT2D eigenvalue weighted by molar-refractivity contribution is -0.0463. The molecule has 2 heterocycles. The van der Waals surface area contributed by atoms with Gasteiger partial charge in [0.25, 0.3) is 5.56 Å². The molecule has 0 spiro atoms. The summed E-state index contributed by atoms with van der Waals surface area (Å²) >= 11 is 0. The van der Waals surface area contributed by atoms with Crippen LogP contribution in [0.15, 0.2) is 15.8 Å². The molecule has 0 aromatic carbocycles. The maximum Gasteiger partial charge on any atom is 0.333 e. The molecule has 7 heteroatoms. The molecule has 0 bridgehead atoms. The van der Waals surface area contributed by atoms with Gasteiger partial charge in [-0.2, -0.15) is 0 Å². The maximum absolute atomic E-state index is 12.2. The fraction of sp³-hybridized carbons (Fsp3) is 0.667. The van der Waals surface area contributed by atoms with Crippen LogP contribution in [0.1, 0.15) is 25.1 Å². The molecule has 7 nitrogen and oxygen atoms in total. The van der Waals surface area contributed by atoms with Crippen LogP contribution in [-0.4, -0.2) is 38.2 Å². The van der Waals surface area contributed by atoms with E-state index in [2.05, 4.69) is 0 Å². The molecule has 2 rings (SSSR count). The van der Waals surface area contributed by atoms with E-state index >= 15 is 0 Å². The Morgan fingerprint density at radius 2 is 2.16 bits per heavy atom. The molecule has 0 radical (unpaired) electrons. The first kappa shape index (κ1) is 14.0. The third-order valence-electron chi connectivity index (χ3n) is 3.38. The molecular formula is C12H18N2O5. The predicted octanol–water partition coefficient (Wildman–Crippen LogP) is -1.02. The Hall–Kier alpha value is -1.44. The lowest BCUT2D eigenvalue weighted by Crippen LogP contribution is -2.41. The van der Waals surface area contributed by atoms with E-state index in [1.807, 2.05) is 0 Å². The molecule has 1 aromatic rings. The number of nitrogens with zero attached hydrogens (tertiary/aromatic N) is 2. The maximum atomic E-state index is 12.2. The molecule has 19 heavy (non-hydrogen) atoms. The monoisotopic (exact) mass is 270 g/mol. The molecule has 0 aliphatic carbocycles. The predicted molar refractivity (Wildman–Crippen MR) is 67.0 cm³/mol. The highest BCUT2D eigenvalue weighted by Gasteiger charge is 2.35. The Morgan fingerprint density at radius 1 is 1.47 bits per heavy atom. The van der Waals surface area contributed by atoms with Gasteiger partial charge in [-0.25, -0.2) is 4.79 Å². The Kier molecular flexibility index (Phi) is 3.88. The summed E-state index contributed by atoms with van der Waals surface area (Å²) in [6.45, 7) is 3.31. The molecule has 1 aliphatic rings. The second-order valence-electron chi connectivity index (χ2n) is 4.67. The van der Waals surface area contributed by atoms with Crippen molar-refractivity contribution in [3.8, 4) is 0 Å². The van der Waals surface area contributed by atoms with E-state index in [1.54, 1.807) is 13.8 Å². The Labute approximate surface area is 109 Å². The molecular weight excluding hydrogens is 252 g/mol. The summed E-state index contributed by atoms with van der Waals surface area (Å²) in [5.41, 5.74) is -0.345. The zero-order valence-corrected chi connectivity index (χ0v) is 10.9. The van der Waals surface area contributed by atoms with Crippen molar-refractivity contribution in [1.29, 1.82) is 0 Å². The molecule has 106 valence electrons. The normalized spacial score (nSPS) is 26.8. The minimum atomic E-state index is -0.816. The summed E-state index contributed by atoms with van der Waals surface area (Å²) in [5, 5.41) is 18.7. The molecule has 1 aromatic heterocycles. The highest BCUT2D eigenvalue weighted by Crippen LogP contribution is 2.27. The number of rotatable bonds is 3. The van der Waals surface area contributed by atoms with Crippen molar-refractivity contribution in [2.75, 3.05) is 6.61 Å².